The van der Waals surface area contributed by atoms with Crippen LogP contribution in [0.25, 0.3) is 0 Å². The lowest BCUT2D eigenvalue weighted by atomic mass is 9.96. The number of ether oxygens (including phenoxy) is 2. The highest BCUT2D eigenvalue weighted by molar-refractivity contribution is 6.06. The molecule has 0 radical (unpaired) electrons. The molecular weight excluding hydrogens is 535 g/mol. The monoisotopic (exact) mass is 562 g/mol. The first-order valence-corrected chi connectivity index (χ1v) is 12.4. The molecule has 0 bridgehead atoms. The molecule has 212 valence electrons. The van der Waals surface area contributed by atoms with Crippen LogP contribution in [0.1, 0.15) is 58.3 Å². The molecule has 1 atom stereocenters. The van der Waals surface area contributed by atoms with Gasteiger partial charge < -0.3 is 20.1 Å². The van der Waals surface area contributed by atoms with Crippen molar-refractivity contribution >= 4 is 17.5 Å². The molecule has 3 aromatic carbocycles. The van der Waals surface area contributed by atoms with Crippen molar-refractivity contribution in [3.05, 3.63) is 88.2 Å². The number of benzene rings is 3. The number of alkyl halides is 4. The fourth-order valence-electron chi connectivity index (χ4n) is 4.18. The molecule has 11 heteroatoms. The highest BCUT2D eigenvalue weighted by Crippen LogP contribution is 2.48. The average Bonchev–Trinajstić information content (AvgIpc) is 3.74. The Morgan fingerprint density at radius 1 is 0.975 bits per heavy atom. The molecule has 0 heterocycles. The molecule has 1 unspecified atom stereocenters. The predicted octanol–water partition coefficient (Wildman–Crippen LogP) is 6.98. The first-order chi connectivity index (χ1) is 18.8. The van der Waals surface area contributed by atoms with E-state index in [-0.39, 0.29) is 41.0 Å². The summed E-state index contributed by atoms with van der Waals surface area (Å²) < 4.78 is 81.2. The number of amides is 2. The van der Waals surface area contributed by atoms with Crippen molar-refractivity contribution in [2.24, 2.45) is 0 Å². The summed E-state index contributed by atoms with van der Waals surface area (Å²) in [6, 6.07) is 10.8. The maximum Gasteiger partial charge on any atom is 0.416 e. The van der Waals surface area contributed by atoms with Crippen LogP contribution >= 0.6 is 0 Å². The van der Waals surface area contributed by atoms with Crippen molar-refractivity contribution in [2.75, 3.05) is 19.2 Å². The van der Waals surface area contributed by atoms with Gasteiger partial charge in [0.05, 0.1) is 11.1 Å². The molecule has 0 aliphatic heterocycles. The largest absolute Gasteiger partial charge is 0.456 e. The van der Waals surface area contributed by atoms with E-state index in [1.54, 1.807) is 6.92 Å². The smallest absolute Gasteiger partial charge is 0.416 e. The van der Waals surface area contributed by atoms with Crippen LogP contribution in [0, 0.1) is 12.7 Å². The van der Waals surface area contributed by atoms with Crippen LogP contribution in [0.2, 0.25) is 0 Å². The second kappa shape index (κ2) is 11.2. The van der Waals surface area contributed by atoms with Gasteiger partial charge >= 0.3 is 6.18 Å². The number of hydrogen-bond donors (Lipinski definition) is 2. The number of rotatable bonds is 9. The van der Waals surface area contributed by atoms with Crippen molar-refractivity contribution in [1.82, 2.24) is 5.32 Å². The highest BCUT2D eigenvalue weighted by Gasteiger charge is 2.40. The van der Waals surface area contributed by atoms with Gasteiger partial charge in [-0.15, -0.1) is 0 Å². The number of methoxy groups -OCH3 is 1. The van der Waals surface area contributed by atoms with Gasteiger partial charge in [-0.3, -0.25) is 9.59 Å². The second-order valence-electron chi connectivity index (χ2n) is 9.69. The second-order valence-corrected chi connectivity index (χ2v) is 9.69. The van der Waals surface area contributed by atoms with Crippen molar-refractivity contribution < 1.29 is 41.0 Å². The number of carbonyl (C=O) groups is 2. The predicted molar refractivity (Wildman–Crippen MR) is 138 cm³/mol. The molecule has 0 spiro atoms. The molecule has 1 aliphatic carbocycles. The lowest BCUT2D eigenvalue weighted by molar-refractivity contribution is -0.138. The van der Waals surface area contributed by atoms with Crippen molar-refractivity contribution in [2.45, 2.75) is 44.5 Å². The molecule has 3 aromatic rings. The van der Waals surface area contributed by atoms with Gasteiger partial charge in [-0.2, -0.15) is 13.2 Å². The number of halogens is 5. The third-order valence-electron chi connectivity index (χ3n) is 6.56. The van der Waals surface area contributed by atoms with E-state index in [2.05, 4.69) is 10.6 Å². The van der Waals surface area contributed by atoms with Crippen molar-refractivity contribution in [1.29, 1.82) is 0 Å². The Morgan fingerprint density at radius 2 is 1.65 bits per heavy atom. The summed E-state index contributed by atoms with van der Waals surface area (Å²) in [6.45, 7) is 2.44. The minimum Gasteiger partial charge on any atom is -0.456 e. The van der Waals surface area contributed by atoms with E-state index in [1.165, 1.54) is 49.6 Å². The Bertz CT molecular complexity index is 1420. The fourth-order valence-corrected chi connectivity index (χ4v) is 4.18. The van der Waals surface area contributed by atoms with Crippen LogP contribution in [0.15, 0.2) is 54.6 Å². The van der Waals surface area contributed by atoms with E-state index >= 15 is 4.39 Å². The Hall–Kier alpha value is -3.99. The number of hydrogen-bond acceptors (Lipinski definition) is 4. The Labute approximate surface area is 227 Å². The molecule has 1 saturated carbocycles. The Balaban J connectivity index is 1.67. The van der Waals surface area contributed by atoms with Crippen LogP contribution in [-0.2, 0) is 21.4 Å². The minimum absolute atomic E-state index is 0.0111. The lowest BCUT2D eigenvalue weighted by Gasteiger charge is -2.21. The maximum atomic E-state index is 15.1. The van der Waals surface area contributed by atoms with E-state index in [0.717, 1.165) is 19.1 Å². The first-order valence-electron chi connectivity index (χ1n) is 12.4. The number of carbonyl (C=O) groups excluding carboxylic acids is 2. The number of aryl methyl sites for hydroxylation is 1. The average molecular weight is 563 g/mol. The number of anilines is 1. The maximum absolute atomic E-state index is 15.1. The third-order valence-corrected chi connectivity index (χ3v) is 6.56. The van der Waals surface area contributed by atoms with Gasteiger partial charge in [0.1, 0.15) is 24.0 Å². The number of nitrogens with one attached hydrogen (secondary N) is 2. The molecule has 4 rings (SSSR count). The zero-order valence-electron chi connectivity index (χ0n) is 21.9. The van der Waals surface area contributed by atoms with Gasteiger partial charge in [0.15, 0.2) is 0 Å². The van der Waals surface area contributed by atoms with E-state index in [9.17, 15) is 27.2 Å². The molecule has 6 nitrogen and oxygen atoms in total. The quantitative estimate of drug-likeness (QED) is 0.218. The van der Waals surface area contributed by atoms with Crippen LogP contribution in [0.4, 0.5) is 27.6 Å². The molecule has 0 saturated heterocycles. The molecule has 2 amide bonds. The zero-order valence-corrected chi connectivity index (χ0v) is 21.9. The normalized spacial score (nSPS) is 14.8. The van der Waals surface area contributed by atoms with Crippen LogP contribution in [0.3, 0.4) is 0 Å². The van der Waals surface area contributed by atoms with Gasteiger partial charge in [-0.25, -0.2) is 8.78 Å². The third kappa shape index (κ3) is 6.41. The van der Waals surface area contributed by atoms with Gasteiger partial charge in [-0.05, 0) is 91.8 Å². The molecule has 1 aliphatic rings. The molecule has 1 fully saturated rings. The van der Waals surface area contributed by atoms with E-state index < -0.39 is 40.6 Å². The van der Waals surface area contributed by atoms with Gasteiger partial charge in [0, 0.05) is 12.8 Å². The van der Waals surface area contributed by atoms with Gasteiger partial charge in [-0.1, -0.05) is 12.1 Å². The fraction of sp³-hybridized carbons (Fsp3) is 0.310. The summed E-state index contributed by atoms with van der Waals surface area (Å²) in [5.41, 5.74) is -3.19. The van der Waals surface area contributed by atoms with E-state index in [1.807, 2.05) is 0 Å². The summed E-state index contributed by atoms with van der Waals surface area (Å²) in [4.78, 5) is 25.4. The summed E-state index contributed by atoms with van der Waals surface area (Å²) >= 11 is 0. The SMILES string of the molecule is COCNC(=O)C(C)(F)c1ccc(NC(=O)c2cc(C(F)(F)F)c(C3CC3)cc2Oc2ccc(F)cc2C)cc1. The Kier molecular flexibility index (Phi) is 8.15. The van der Waals surface area contributed by atoms with Crippen LogP contribution in [-0.4, -0.2) is 25.7 Å². The highest BCUT2D eigenvalue weighted by atomic mass is 19.4. The first kappa shape index (κ1) is 29.0. The summed E-state index contributed by atoms with van der Waals surface area (Å²) in [5, 5.41) is 4.78. The van der Waals surface area contributed by atoms with Crippen molar-refractivity contribution in [3.8, 4) is 11.5 Å². The zero-order chi connectivity index (χ0) is 29.2. The van der Waals surface area contributed by atoms with E-state index in [4.69, 9.17) is 9.47 Å². The minimum atomic E-state index is -4.71. The molecule has 2 N–H and O–H groups in total. The van der Waals surface area contributed by atoms with Gasteiger partial charge in [0.25, 0.3) is 11.8 Å². The molecule has 40 heavy (non-hydrogen) atoms. The summed E-state index contributed by atoms with van der Waals surface area (Å²) in [7, 11) is 1.34. The molecule has 0 aromatic heterocycles. The molecular formula is C29H27F5N2O4. The lowest BCUT2D eigenvalue weighted by Crippen LogP contribution is -2.39. The summed E-state index contributed by atoms with van der Waals surface area (Å²) in [6.07, 6.45) is -3.56. The van der Waals surface area contributed by atoms with Crippen molar-refractivity contribution in [3.63, 3.8) is 0 Å². The van der Waals surface area contributed by atoms with Crippen LogP contribution < -0.4 is 15.4 Å². The van der Waals surface area contributed by atoms with E-state index in [0.29, 0.717) is 18.4 Å². The topological polar surface area (TPSA) is 76.7 Å². The standard InChI is InChI=1S/C29H27F5N2O4/c1-16-12-19(30)8-11-24(16)40-25-14-21(17-4-5-17)23(29(32,33)34)13-22(25)26(37)36-20-9-6-18(7-10-20)28(2,31)27(38)35-15-39-3/h6-14,17H,4-5,15H2,1-3H3,(H,35,38)(H,36,37). The summed E-state index contributed by atoms with van der Waals surface area (Å²) in [5.74, 6) is -2.61. The van der Waals surface area contributed by atoms with Crippen LogP contribution in [0.5, 0.6) is 11.5 Å². The van der Waals surface area contributed by atoms with Gasteiger partial charge in [0.2, 0.25) is 5.67 Å². The Morgan fingerprint density at radius 3 is 2.23 bits per heavy atom.